The molecule has 8 heteroatoms. The molecule has 3 atom stereocenters. The fourth-order valence-electron chi connectivity index (χ4n) is 1.40. The highest BCUT2D eigenvalue weighted by Gasteiger charge is 2.31. The lowest BCUT2D eigenvalue weighted by atomic mass is 10.1. The SMILES string of the molecule is CC(CCS(C)=O)NC(=O)C1CC(C(=O)O)=NO1. The highest BCUT2D eigenvalue weighted by atomic mass is 32.2. The van der Waals surface area contributed by atoms with Gasteiger partial charge in [-0.15, -0.1) is 0 Å². The van der Waals surface area contributed by atoms with Crippen LogP contribution in [0.1, 0.15) is 19.8 Å². The van der Waals surface area contributed by atoms with Gasteiger partial charge in [-0.25, -0.2) is 4.79 Å². The Morgan fingerprint density at radius 2 is 2.33 bits per heavy atom. The molecular weight excluding hydrogens is 260 g/mol. The highest BCUT2D eigenvalue weighted by molar-refractivity contribution is 7.84. The Balaban J connectivity index is 2.34. The molecule has 3 unspecified atom stereocenters. The van der Waals surface area contributed by atoms with Gasteiger partial charge in [-0.3, -0.25) is 9.00 Å². The zero-order chi connectivity index (χ0) is 13.7. The van der Waals surface area contributed by atoms with Crippen molar-refractivity contribution in [2.24, 2.45) is 5.16 Å². The second kappa shape index (κ2) is 6.48. The van der Waals surface area contributed by atoms with Crippen molar-refractivity contribution in [3.05, 3.63) is 0 Å². The highest BCUT2D eigenvalue weighted by Crippen LogP contribution is 2.11. The summed E-state index contributed by atoms with van der Waals surface area (Å²) in [6, 6.07) is -0.140. The molecule has 18 heavy (non-hydrogen) atoms. The van der Waals surface area contributed by atoms with Crippen molar-refractivity contribution in [1.82, 2.24) is 5.32 Å². The Bertz CT molecular complexity index is 396. The predicted octanol–water partition coefficient (Wildman–Crippen LogP) is -0.511. The van der Waals surface area contributed by atoms with Crippen LogP contribution in [0.4, 0.5) is 0 Å². The van der Waals surface area contributed by atoms with Gasteiger partial charge in [0.05, 0.1) is 0 Å². The fourth-order valence-corrected chi connectivity index (χ4v) is 2.08. The lowest BCUT2D eigenvalue weighted by Gasteiger charge is -2.15. The van der Waals surface area contributed by atoms with Gasteiger partial charge in [0, 0.05) is 35.3 Å². The van der Waals surface area contributed by atoms with Crippen LogP contribution in [0.3, 0.4) is 0 Å². The molecule has 1 rings (SSSR count). The summed E-state index contributed by atoms with van der Waals surface area (Å²) >= 11 is 0. The van der Waals surface area contributed by atoms with Crippen molar-refractivity contribution in [2.75, 3.05) is 12.0 Å². The van der Waals surface area contributed by atoms with Gasteiger partial charge in [-0.2, -0.15) is 0 Å². The normalized spacial score (nSPS) is 21.7. The molecule has 0 radical (unpaired) electrons. The minimum atomic E-state index is -1.18. The van der Waals surface area contributed by atoms with E-state index in [4.69, 9.17) is 9.94 Å². The Morgan fingerprint density at radius 1 is 1.67 bits per heavy atom. The van der Waals surface area contributed by atoms with Gasteiger partial charge in [-0.05, 0) is 13.3 Å². The van der Waals surface area contributed by atoms with Crippen molar-refractivity contribution in [3.8, 4) is 0 Å². The maximum absolute atomic E-state index is 11.7. The topological polar surface area (TPSA) is 105 Å². The minimum Gasteiger partial charge on any atom is -0.477 e. The maximum Gasteiger partial charge on any atom is 0.353 e. The molecule has 1 heterocycles. The van der Waals surface area contributed by atoms with Gasteiger partial charge in [0.15, 0.2) is 5.71 Å². The third kappa shape index (κ3) is 4.44. The summed E-state index contributed by atoms with van der Waals surface area (Å²) in [5.74, 6) is -1.08. The Labute approximate surface area is 107 Å². The van der Waals surface area contributed by atoms with Gasteiger partial charge in [0.1, 0.15) is 0 Å². The molecule has 0 fully saturated rings. The van der Waals surface area contributed by atoms with E-state index in [2.05, 4.69) is 10.5 Å². The second-order valence-corrected chi connectivity index (χ2v) is 5.67. The number of carboxylic acid groups (broad SMARTS) is 1. The maximum atomic E-state index is 11.7. The standard InChI is InChI=1S/C10H16N2O5S/c1-6(3-4-18(2)16)11-9(13)8-5-7(10(14)15)12-17-8/h6,8H,3-5H2,1-2H3,(H,11,13)(H,14,15). The number of oxime groups is 1. The largest absolute Gasteiger partial charge is 0.477 e. The zero-order valence-electron chi connectivity index (χ0n) is 10.2. The number of carbonyl (C=O) groups is 2. The van der Waals surface area contributed by atoms with E-state index < -0.39 is 28.8 Å². The minimum absolute atomic E-state index is 0.0341. The first-order valence-corrected chi connectivity index (χ1v) is 7.19. The van der Waals surface area contributed by atoms with Crippen LogP contribution >= 0.6 is 0 Å². The summed E-state index contributed by atoms with van der Waals surface area (Å²) in [7, 11) is -0.898. The number of amides is 1. The Kier molecular flexibility index (Phi) is 5.26. The average molecular weight is 276 g/mol. The second-order valence-electron chi connectivity index (χ2n) is 4.12. The van der Waals surface area contributed by atoms with Crippen LogP contribution in [0.5, 0.6) is 0 Å². The molecule has 1 amide bonds. The van der Waals surface area contributed by atoms with Crippen molar-refractivity contribution in [1.29, 1.82) is 0 Å². The summed E-state index contributed by atoms with van der Waals surface area (Å²) in [5.41, 5.74) is -0.155. The number of nitrogens with one attached hydrogen (secondary N) is 1. The summed E-state index contributed by atoms with van der Waals surface area (Å²) in [5, 5.41) is 14.7. The van der Waals surface area contributed by atoms with Crippen molar-refractivity contribution in [2.45, 2.75) is 31.9 Å². The summed E-state index contributed by atoms with van der Waals surface area (Å²) < 4.78 is 10.9. The molecule has 2 N–H and O–H groups in total. The van der Waals surface area contributed by atoms with Gasteiger partial charge >= 0.3 is 5.97 Å². The van der Waals surface area contributed by atoms with Crippen LogP contribution < -0.4 is 5.32 Å². The first-order valence-electron chi connectivity index (χ1n) is 5.46. The number of hydrogen-bond donors (Lipinski definition) is 2. The van der Waals surface area contributed by atoms with Gasteiger partial charge in [0.25, 0.3) is 5.91 Å². The lowest BCUT2D eigenvalue weighted by molar-refractivity contribution is -0.131. The van der Waals surface area contributed by atoms with Crippen LogP contribution in [0.25, 0.3) is 0 Å². The molecule has 7 nitrogen and oxygen atoms in total. The van der Waals surface area contributed by atoms with Crippen LogP contribution in [0.15, 0.2) is 5.16 Å². The quantitative estimate of drug-likeness (QED) is 0.679. The van der Waals surface area contributed by atoms with Crippen LogP contribution in [0, 0.1) is 0 Å². The summed E-state index contributed by atoms with van der Waals surface area (Å²) in [6.45, 7) is 1.79. The number of nitrogens with zero attached hydrogens (tertiary/aromatic N) is 1. The molecule has 0 aromatic heterocycles. The predicted molar refractivity (Wildman–Crippen MR) is 65.7 cm³/mol. The first kappa shape index (κ1) is 14.6. The van der Waals surface area contributed by atoms with E-state index in [1.807, 2.05) is 0 Å². The molecule has 0 saturated heterocycles. The summed E-state index contributed by atoms with van der Waals surface area (Å²) in [6.07, 6.45) is 1.27. The molecule has 0 aromatic rings. The van der Waals surface area contributed by atoms with Gasteiger partial charge < -0.3 is 15.3 Å². The molecule has 1 aliphatic rings. The molecule has 1 aliphatic heterocycles. The van der Waals surface area contributed by atoms with E-state index in [-0.39, 0.29) is 18.2 Å². The van der Waals surface area contributed by atoms with E-state index in [0.29, 0.717) is 12.2 Å². The molecule has 0 saturated carbocycles. The molecular formula is C10H16N2O5S. The lowest BCUT2D eigenvalue weighted by Crippen LogP contribution is -2.40. The van der Waals surface area contributed by atoms with E-state index in [1.165, 1.54) is 0 Å². The zero-order valence-corrected chi connectivity index (χ0v) is 11.0. The Hall–Kier alpha value is -1.44. The van der Waals surface area contributed by atoms with Gasteiger partial charge in [-0.1, -0.05) is 5.16 Å². The van der Waals surface area contributed by atoms with E-state index in [1.54, 1.807) is 13.2 Å². The average Bonchev–Trinajstić information content (AvgIpc) is 2.75. The fraction of sp³-hybridized carbons (Fsp3) is 0.700. The van der Waals surface area contributed by atoms with Crippen LogP contribution in [0.2, 0.25) is 0 Å². The smallest absolute Gasteiger partial charge is 0.353 e. The third-order valence-corrected chi connectivity index (χ3v) is 3.25. The molecule has 0 aliphatic carbocycles. The first-order chi connectivity index (χ1) is 8.40. The number of aliphatic carboxylic acids is 1. The summed E-state index contributed by atoms with van der Waals surface area (Å²) in [4.78, 5) is 27.0. The molecule has 102 valence electrons. The molecule has 0 aromatic carbocycles. The van der Waals surface area contributed by atoms with Crippen molar-refractivity contribution in [3.63, 3.8) is 0 Å². The molecule has 0 spiro atoms. The number of carboxylic acids is 1. The number of hydrogen-bond acceptors (Lipinski definition) is 5. The van der Waals surface area contributed by atoms with E-state index >= 15 is 0 Å². The van der Waals surface area contributed by atoms with E-state index in [0.717, 1.165) is 0 Å². The monoisotopic (exact) mass is 276 g/mol. The van der Waals surface area contributed by atoms with Crippen LogP contribution in [-0.2, 0) is 25.2 Å². The molecule has 0 bridgehead atoms. The van der Waals surface area contributed by atoms with E-state index in [9.17, 15) is 13.8 Å². The Morgan fingerprint density at radius 3 is 2.83 bits per heavy atom. The van der Waals surface area contributed by atoms with Crippen molar-refractivity contribution < 1.29 is 23.7 Å². The third-order valence-electron chi connectivity index (χ3n) is 2.44. The van der Waals surface area contributed by atoms with Gasteiger partial charge in [0.2, 0.25) is 6.10 Å². The number of rotatable bonds is 6. The van der Waals surface area contributed by atoms with Crippen molar-refractivity contribution >= 4 is 28.4 Å². The van der Waals surface area contributed by atoms with Crippen LogP contribution in [-0.4, -0.2) is 51.1 Å². The number of carbonyl (C=O) groups excluding carboxylic acids is 1.